The van der Waals surface area contributed by atoms with Crippen LogP contribution in [0, 0.1) is 12.8 Å². The predicted octanol–water partition coefficient (Wildman–Crippen LogP) is 3.17. The van der Waals surface area contributed by atoms with Gasteiger partial charge < -0.3 is 18.8 Å². The van der Waals surface area contributed by atoms with Crippen molar-refractivity contribution in [2.45, 2.75) is 26.7 Å². The smallest absolute Gasteiger partial charge is 0.310 e. The molecule has 1 fully saturated rings. The topological polar surface area (TPSA) is 69.0 Å². The third-order valence-electron chi connectivity index (χ3n) is 4.67. The fourth-order valence-electron chi connectivity index (χ4n) is 3.29. The van der Waals surface area contributed by atoms with Crippen LogP contribution < -0.4 is 4.74 Å². The van der Waals surface area contributed by atoms with E-state index in [-0.39, 0.29) is 17.8 Å². The molecule has 134 valence electrons. The average Bonchev–Trinajstić information content (AvgIpc) is 2.97. The zero-order chi connectivity index (χ0) is 18.0. The van der Waals surface area contributed by atoms with Gasteiger partial charge in [-0.1, -0.05) is 0 Å². The number of hydrogen-bond acceptors (Lipinski definition) is 5. The maximum absolute atomic E-state index is 12.9. The van der Waals surface area contributed by atoms with E-state index in [0.29, 0.717) is 31.0 Å². The molecule has 2 heterocycles. The average molecular weight is 345 g/mol. The van der Waals surface area contributed by atoms with Crippen molar-refractivity contribution in [1.82, 2.24) is 4.90 Å². The lowest BCUT2D eigenvalue weighted by atomic mass is 9.98. The first-order valence-corrected chi connectivity index (χ1v) is 8.58. The summed E-state index contributed by atoms with van der Waals surface area (Å²) in [5.41, 5.74) is 1.44. The fourth-order valence-corrected chi connectivity index (χ4v) is 3.29. The first kappa shape index (κ1) is 17.3. The van der Waals surface area contributed by atoms with Crippen LogP contribution in [0.15, 0.2) is 22.6 Å². The number of rotatable bonds is 4. The number of furan rings is 1. The number of nitrogens with zero attached hydrogens (tertiary/aromatic N) is 1. The molecule has 6 nitrogen and oxygen atoms in total. The lowest BCUT2D eigenvalue weighted by molar-refractivity contribution is -0.149. The van der Waals surface area contributed by atoms with Gasteiger partial charge in [0.1, 0.15) is 11.3 Å². The minimum Gasteiger partial charge on any atom is -0.497 e. The van der Waals surface area contributed by atoms with E-state index in [2.05, 4.69) is 0 Å². The van der Waals surface area contributed by atoms with E-state index in [4.69, 9.17) is 13.9 Å². The van der Waals surface area contributed by atoms with Crippen LogP contribution in [0.1, 0.15) is 35.9 Å². The molecule has 0 spiro atoms. The summed E-state index contributed by atoms with van der Waals surface area (Å²) in [6.45, 7) is 5.00. The monoisotopic (exact) mass is 345 g/mol. The highest BCUT2D eigenvalue weighted by molar-refractivity contribution is 5.99. The molecule has 0 saturated carbocycles. The maximum Gasteiger partial charge on any atom is 0.310 e. The normalized spacial score (nSPS) is 17.6. The number of methoxy groups -OCH3 is 1. The number of carbonyl (C=O) groups is 2. The fraction of sp³-hybridized carbons (Fsp3) is 0.474. The number of amides is 1. The van der Waals surface area contributed by atoms with Crippen molar-refractivity contribution in [2.75, 3.05) is 26.8 Å². The number of benzene rings is 1. The number of piperidine rings is 1. The molecular weight excluding hydrogens is 322 g/mol. The highest BCUT2D eigenvalue weighted by Gasteiger charge is 2.32. The van der Waals surface area contributed by atoms with Crippen LogP contribution in [0.3, 0.4) is 0 Å². The molecule has 1 atom stereocenters. The van der Waals surface area contributed by atoms with Crippen molar-refractivity contribution in [1.29, 1.82) is 0 Å². The van der Waals surface area contributed by atoms with E-state index in [9.17, 15) is 9.59 Å². The Morgan fingerprint density at radius 3 is 2.88 bits per heavy atom. The van der Waals surface area contributed by atoms with Gasteiger partial charge >= 0.3 is 5.97 Å². The largest absolute Gasteiger partial charge is 0.497 e. The van der Waals surface area contributed by atoms with Gasteiger partial charge in [-0.3, -0.25) is 9.59 Å². The van der Waals surface area contributed by atoms with Crippen LogP contribution in [0.25, 0.3) is 11.0 Å². The van der Waals surface area contributed by atoms with Crippen molar-refractivity contribution < 1.29 is 23.5 Å². The molecule has 25 heavy (non-hydrogen) atoms. The van der Waals surface area contributed by atoms with Gasteiger partial charge in [0.2, 0.25) is 0 Å². The van der Waals surface area contributed by atoms with E-state index >= 15 is 0 Å². The zero-order valence-corrected chi connectivity index (χ0v) is 14.8. The first-order chi connectivity index (χ1) is 12.0. The van der Waals surface area contributed by atoms with Crippen molar-refractivity contribution >= 4 is 22.8 Å². The van der Waals surface area contributed by atoms with Gasteiger partial charge in [-0.05, 0) is 44.9 Å². The zero-order valence-electron chi connectivity index (χ0n) is 14.8. The lowest BCUT2D eigenvalue weighted by Gasteiger charge is -2.31. The van der Waals surface area contributed by atoms with Crippen LogP contribution >= 0.6 is 0 Å². The van der Waals surface area contributed by atoms with Crippen LogP contribution in [0.2, 0.25) is 0 Å². The van der Waals surface area contributed by atoms with Crippen LogP contribution in [0.4, 0.5) is 0 Å². The number of carbonyl (C=O) groups excluding carboxylic acids is 2. The number of ether oxygens (including phenoxy) is 2. The van der Waals surface area contributed by atoms with Gasteiger partial charge in [0.05, 0.1) is 19.6 Å². The molecule has 1 saturated heterocycles. The number of esters is 1. The molecule has 1 aromatic heterocycles. The number of likely N-dealkylation sites (tertiary alicyclic amines) is 1. The SMILES string of the molecule is CCOC(=O)[C@@H]1CCCN(C(=O)c2oc3ccc(OC)cc3c2C)C1. The second-order valence-corrected chi connectivity index (χ2v) is 6.26. The Bertz CT molecular complexity index is 794. The van der Waals surface area contributed by atoms with Crippen molar-refractivity contribution in [2.24, 2.45) is 5.92 Å². The van der Waals surface area contributed by atoms with Crippen LogP contribution in [-0.2, 0) is 9.53 Å². The summed E-state index contributed by atoms with van der Waals surface area (Å²) in [5, 5.41) is 0.863. The predicted molar refractivity (Wildman–Crippen MR) is 92.8 cm³/mol. The van der Waals surface area contributed by atoms with E-state index in [1.165, 1.54) is 0 Å². The minimum absolute atomic E-state index is 0.179. The third-order valence-corrected chi connectivity index (χ3v) is 4.67. The summed E-state index contributed by atoms with van der Waals surface area (Å²) < 4.78 is 16.1. The number of aryl methyl sites for hydroxylation is 1. The molecule has 2 aromatic rings. The highest BCUT2D eigenvalue weighted by Crippen LogP contribution is 2.30. The van der Waals surface area contributed by atoms with Gasteiger partial charge in [-0.2, -0.15) is 0 Å². The molecule has 0 unspecified atom stereocenters. The minimum atomic E-state index is -0.262. The molecule has 0 bridgehead atoms. The molecule has 0 radical (unpaired) electrons. The van der Waals surface area contributed by atoms with Gasteiger partial charge in [0.25, 0.3) is 5.91 Å². The van der Waals surface area contributed by atoms with Crippen molar-refractivity contribution in [3.05, 3.63) is 29.5 Å². The molecule has 6 heteroatoms. The summed E-state index contributed by atoms with van der Waals surface area (Å²) in [6.07, 6.45) is 1.53. The number of hydrogen-bond donors (Lipinski definition) is 0. The summed E-state index contributed by atoms with van der Waals surface area (Å²) in [5.74, 6) is 0.374. The molecule has 0 N–H and O–H groups in total. The second-order valence-electron chi connectivity index (χ2n) is 6.26. The quantitative estimate of drug-likeness (QED) is 0.796. The first-order valence-electron chi connectivity index (χ1n) is 8.58. The Kier molecular flexibility index (Phi) is 4.97. The van der Waals surface area contributed by atoms with Crippen LogP contribution in [-0.4, -0.2) is 43.6 Å². The van der Waals surface area contributed by atoms with Crippen molar-refractivity contribution in [3.63, 3.8) is 0 Å². The summed E-state index contributed by atoms with van der Waals surface area (Å²) >= 11 is 0. The molecule has 1 aliphatic heterocycles. The lowest BCUT2D eigenvalue weighted by Crippen LogP contribution is -2.42. The Labute approximate surface area is 146 Å². The van der Waals surface area contributed by atoms with Crippen molar-refractivity contribution in [3.8, 4) is 5.75 Å². The maximum atomic E-state index is 12.9. The molecule has 0 aliphatic carbocycles. The highest BCUT2D eigenvalue weighted by atomic mass is 16.5. The summed E-state index contributed by atoms with van der Waals surface area (Å²) in [6, 6.07) is 5.47. The van der Waals surface area contributed by atoms with E-state index in [1.807, 2.05) is 13.0 Å². The Balaban J connectivity index is 1.84. The second kappa shape index (κ2) is 7.17. The molecule has 1 amide bonds. The van der Waals surface area contributed by atoms with E-state index in [0.717, 1.165) is 29.5 Å². The molecular formula is C19H23NO5. The standard InChI is InChI=1S/C19H23NO5/c1-4-24-19(22)13-6-5-9-20(11-13)18(21)17-12(2)15-10-14(23-3)7-8-16(15)25-17/h7-8,10,13H,4-6,9,11H2,1-3H3/t13-/m1/s1. The summed E-state index contributed by atoms with van der Waals surface area (Å²) in [7, 11) is 1.60. The molecule has 1 aliphatic rings. The Morgan fingerprint density at radius 2 is 2.16 bits per heavy atom. The molecule has 1 aromatic carbocycles. The number of fused-ring (bicyclic) bond motifs is 1. The van der Waals surface area contributed by atoms with E-state index < -0.39 is 0 Å². The summed E-state index contributed by atoms with van der Waals surface area (Å²) in [4.78, 5) is 26.6. The van der Waals surface area contributed by atoms with Gasteiger partial charge in [-0.25, -0.2) is 0 Å². The third kappa shape index (κ3) is 3.34. The van der Waals surface area contributed by atoms with Gasteiger partial charge in [-0.15, -0.1) is 0 Å². The molecule has 3 rings (SSSR count). The van der Waals surface area contributed by atoms with Crippen LogP contribution in [0.5, 0.6) is 5.75 Å². The van der Waals surface area contributed by atoms with Gasteiger partial charge in [0.15, 0.2) is 5.76 Å². The van der Waals surface area contributed by atoms with Gasteiger partial charge in [0, 0.05) is 24.0 Å². The Morgan fingerprint density at radius 1 is 1.36 bits per heavy atom. The Hall–Kier alpha value is -2.50. The van der Waals surface area contributed by atoms with E-state index in [1.54, 1.807) is 31.1 Å².